The monoisotopic (exact) mass is 454 g/mol. The number of nitrogen functional groups attached to an aromatic ring is 1. The minimum atomic E-state index is -4.43. The van der Waals surface area contributed by atoms with Crippen molar-refractivity contribution in [1.82, 2.24) is 19.8 Å². The normalized spacial score (nSPS) is 11.4. The van der Waals surface area contributed by atoms with Crippen LogP contribution in [0.5, 0.6) is 5.75 Å². The van der Waals surface area contributed by atoms with Crippen molar-refractivity contribution < 1.29 is 22.7 Å². The average molecular weight is 454 g/mol. The fourth-order valence-electron chi connectivity index (χ4n) is 3.18. The minimum absolute atomic E-state index is 0.0700. The number of alkyl halides is 3. The second kappa shape index (κ2) is 8.61. The Morgan fingerprint density at radius 2 is 1.79 bits per heavy atom. The summed E-state index contributed by atoms with van der Waals surface area (Å²) in [4.78, 5) is 15.5. The van der Waals surface area contributed by atoms with Crippen LogP contribution < -0.4 is 15.8 Å². The second-order valence-corrected chi connectivity index (χ2v) is 6.91. The second-order valence-electron chi connectivity index (χ2n) is 6.91. The highest BCUT2D eigenvalue weighted by atomic mass is 19.4. The molecule has 2 heterocycles. The number of nitrogens with one attached hydrogen (secondary N) is 1. The largest absolute Gasteiger partial charge is 0.484 e. The van der Waals surface area contributed by atoms with Crippen LogP contribution in [0.3, 0.4) is 0 Å². The van der Waals surface area contributed by atoms with Crippen LogP contribution in [0.15, 0.2) is 67.5 Å². The highest BCUT2D eigenvalue weighted by molar-refractivity contribution is 5.99. The Morgan fingerprint density at radius 3 is 2.42 bits per heavy atom. The van der Waals surface area contributed by atoms with Crippen molar-refractivity contribution in [3.63, 3.8) is 0 Å². The maximum absolute atomic E-state index is 12.4. The number of fused-ring (bicyclic) bond motifs is 1. The van der Waals surface area contributed by atoms with E-state index in [0.29, 0.717) is 33.6 Å². The summed E-state index contributed by atoms with van der Waals surface area (Å²) < 4.78 is 43.4. The van der Waals surface area contributed by atoms with Crippen molar-refractivity contribution in [3.8, 4) is 28.1 Å². The Hall–Kier alpha value is -4.41. The number of hydrogen-bond acceptors (Lipinski definition) is 6. The van der Waals surface area contributed by atoms with E-state index in [1.54, 1.807) is 36.4 Å². The van der Waals surface area contributed by atoms with E-state index in [0.717, 1.165) is 6.08 Å². The Labute approximate surface area is 185 Å². The lowest BCUT2D eigenvalue weighted by Gasteiger charge is -2.10. The minimum Gasteiger partial charge on any atom is -0.484 e. The number of halogens is 3. The van der Waals surface area contributed by atoms with E-state index >= 15 is 0 Å². The molecule has 0 aliphatic heterocycles. The number of nitrogens with two attached hydrogens (primary N) is 1. The number of aromatic nitrogens is 4. The van der Waals surface area contributed by atoms with E-state index in [9.17, 15) is 18.0 Å². The summed E-state index contributed by atoms with van der Waals surface area (Å²) in [5, 5.41) is 11.3. The number of amides is 1. The van der Waals surface area contributed by atoms with Crippen LogP contribution in [-0.2, 0) is 4.79 Å². The number of nitrogens with zero attached hydrogens (tertiary/aromatic N) is 4. The number of ether oxygens (including phenoxy) is 1. The standard InChI is InChI=1S/C22H17F3N6O2/c1-2-17(32)29-15-7-3-14(4-8-15)19-18(20-21(26)27-12-28-31(20)30-19)13-5-9-16(10-6-13)33-11-22(23,24)25/h2-10,12H,1,11H2,(H,29,32)(H2,26,27,28). The molecule has 0 aliphatic rings. The average Bonchev–Trinajstić information content (AvgIpc) is 3.19. The Balaban J connectivity index is 1.76. The lowest BCUT2D eigenvalue weighted by atomic mass is 9.99. The molecule has 0 saturated heterocycles. The van der Waals surface area contributed by atoms with Crippen molar-refractivity contribution in [2.75, 3.05) is 17.7 Å². The molecule has 0 bridgehead atoms. The third-order valence-corrected chi connectivity index (χ3v) is 4.63. The molecule has 2 aromatic carbocycles. The fourth-order valence-corrected chi connectivity index (χ4v) is 3.18. The summed E-state index contributed by atoms with van der Waals surface area (Å²) in [6.45, 7) is 2.03. The lowest BCUT2D eigenvalue weighted by molar-refractivity contribution is -0.153. The lowest BCUT2D eigenvalue weighted by Crippen LogP contribution is -2.19. The zero-order chi connectivity index (χ0) is 23.6. The molecule has 4 rings (SSSR count). The highest BCUT2D eigenvalue weighted by Gasteiger charge is 2.28. The van der Waals surface area contributed by atoms with E-state index in [-0.39, 0.29) is 17.5 Å². The van der Waals surface area contributed by atoms with Crippen LogP contribution in [-0.4, -0.2) is 38.5 Å². The fraction of sp³-hybridized carbons (Fsp3) is 0.0909. The SMILES string of the molecule is C=CC(=O)Nc1ccc(-c2nn3ncnc(N)c3c2-c2ccc(OCC(F)(F)F)cc2)cc1. The molecule has 1 amide bonds. The van der Waals surface area contributed by atoms with Crippen molar-refractivity contribution in [2.45, 2.75) is 6.18 Å². The molecule has 0 saturated carbocycles. The first-order valence-corrected chi connectivity index (χ1v) is 9.58. The molecule has 4 aromatic rings. The molecule has 168 valence electrons. The molecule has 0 unspecified atom stereocenters. The molecule has 0 fully saturated rings. The maximum Gasteiger partial charge on any atom is 0.422 e. The van der Waals surface area contributed by atoms with Gasteiger partial charge in [0, 0.05) is 16.8 Å². The van der Waals surface area contributed by atoms with Crippen molar-refractivity contribution >= 4 is 22.9 Å². The number of rotatable bonds is 6. The molecule has 0 spiro atoms. The molecule has 11 heteroatoms. The van der Waals surface area contributed by atoms with Crippen LogP contribution in [0.25, 0.3) is 27.9 Å². The Kier molecular flexibility index (Phi) is 5.69. The van der Waals surface area contributed by atoms with E-state index in [4.69, 9.17) is 10.5 Å². The summed E-state index contributed by atoms with van der Waals surface area (Å²) in [5.74, 6) is -0.0845. The Bertz CT molecular complexity index is 1320. The van der Waals surface area contributed by atoms with Gasteiger partial charge in [0.1, 0.15) is 23.3 Å². The molecule has 3 N–H and O–H groups in total. The predicted molar refractivity (Wildman–Crippen MR) is 116 cm³/mol. The van der Waals surface area contributed by atoms with Crippen LogP contribution in [0, 0.1) is 0 Å². The predicted octanol–water partition coefficient (Wildman–Crippen LogP) is 4.11. The van der Waals surface area contributed by atoms with Crippen LogP contribution in [0.1, 0.15) is 0 Å². The van der Waals surface area contributed by atoms with E-state index in [2.05, 4.69) is 27.1 Å². The maximum atomic E-state index is 12.4. The summed E-state index contributed by atoms with van der Waals surface area (Å²) in [5.41, 5.74) is 9.55. The highest BCUT2D eigenvalue weighted by Crippen LogP contribution is 2.37. The van der Waals surface area contributed by atoms with Gasteiger partial charge in [-0.2, -0.15) is 13.2 Å². The number of carbonyl (C=O) groups is 1. The first-order valence-electron chi connectivity index (χ1n) is 9.58. The quantitative estimate of drug-likeness (QED) is 0.425. The van der Waals surface area contributed by atoms with Crippen LogP contribution >= 0.6 is 0 Å². The Morgan fingerprint density at radius 1 is 1.12 bits per heavy atom. The van der Waals surface area contributed by atoms with Gasteiger partial charge in [0.2, 0.25) is 5.91 Å². The first kappa shape index (κ1) is 21.8. The summed E-state index contributed by atoms with van der Waals surface area (Å²) in [6.07, 6.45) is -2.00. The van der Waals surface area contributed by atoms with E-state index in [1.165, 1.54) is 23.1 Å². The smallest absolute Gasteiger partial charge is 0.422 e. The third-order valence-electron chi connectivity index (χ3n) is 4.63. The van der Waals surface area contributed by atoms with E-state index in [1.807, 2.05) is 0 Å². The number of benzene rings is 2. The zero-order valence-corrected chi connectivity index (χ0v) is 17.0. The molecule has 0 atom stereocenters. The van der Waals surface area contributed by atoms with Gasteiger partial charge in [-0.05, 0) is 35.9 Å². The zero-order valence-electron chi connectivity index (χ0n) is 17.0. The summed E-state index contributed by atoms with van der Waals surface area (Å²) in [7, 11) is 0. The van der Waals surface area contributed by atoms with Gasteiger partial charge in [-0.25, -0.2) is 4.98 Å². The molecular weight excluding hydrogens is 437 g/mol. The van der Waals surface area contributed by atoms with Gasteiger partial charge in [-0.3, -0.25) is 4.79 Å². The number of hydrogen-bond donors (Lipinski definition) is 2. The molecule has 2 aromatic heterocycles. The van der Waals surface area contributed by atoms with Crippen molar-refractivity contribution in [3.05, 3.63) is 67.5 Å². The van der Waals surface area contributed by atoms with Gasteiger partial charge < -0.3 is 15.8 Å². The van der Waals surface area contributed by atoms with Gasteiger partial charge in [0.15, 0.2) is 12.4 Å². The first-order chi connectivity index (χ1) is 15.7. The van der Waals surface area contributed by atoms with Crippen molar-refractivity contribution in [1.29, 1.82) is 0 Å². The van der Waals surface area contributed by atoms with Gasteiger partial charge >= 0.3 is 6.18 Å². The summed E-state index contributed by atoms with van der Waals surface area (Å²) >= 11 is 0. The van der Waals surface area contributed by atoms with Crippen LogP contribution in [0.4, 0.5) is 24.7 Å². The molecular formula is C22H17F3N6O2. The number of carbonyl (C=O) groups excluding carboxylic acids is 1. The summed E-state index contributed by atoms with van der Waals surface area (Å²) in [6, 6.07) is 13.0. The van der Waals surface area contributed by atoms with Gasteiger partial charge in [-0.1, -0.05) is 30.8 Å². The van der Waals surface area contributed by atoms with Gasteiger partial charge in [0.05, 0.1) is 0 Å². The number of anilines is 2. The van der Waals surface area contributed by atoms with Gasteiger partial charge in [-0.15, -0.1) is 14.8 Å². The third kappa shape index (κ3) is 4.76. The van der Waals surface area contributed by atoms with Crippen molar-refractivity contribution in [2.24, 2.45) is 0 Å². The molecule has 0 aliphatic carbocycles. The molecule has 8 nitrogen and oxygen atoms in total. The topological polar surface area (TPSA) is 107 Å². The van der Waals surface area contributed by atoms with E-state index < -0.39 is 12.8 Å². The van der Waals surface area contributed by atoms with Crippen LogP contribution in [0.2, 0.25) is 0 Å². The molecule has 33 heavy (non-hydrogen) atoms. The molecule has 0 radical (unpaired) electrons. The van der Waals surface area contributed by atoms with Gasteiger partial charge in [0.25, 0.3) is 0 Å².